The maximum atomic E-state index is 13.0. The number of halogens is 2. The van der Waals surface area contributed by atoms with E-state index < -0.39 is 10.0 Å². The molecule has 0 unspecified atom stereocenters. The van der Waals surface area contributed by atoms with E-state index in [-0.39, 0.29) is 24.1 Å². The van der Waals surface area contributed by atoms with Gasteiger partial charge >= 0.3 is 0 Å². The van der Waals surface area contributed by atoms with Gasteiger partial charge in [-0.3, -0.25) is 9.69 Å². The van der Waals surface area contributed by atoms with E-state index in [1.807, 2.05) is 12.1 Å². The Balaban J connectivity index is 1.28. The minimum Gasteiger partial charge on any atom is -0.379 e. The van der Waals surface area contributed by atoms with Gasteiger partial charge in [0.05, 0.1) is 24.9 Å². The molecule has 2 aromatic rings. The first kappa shape index (κ1) is 26.4. The van der Waals surface area contributed by atoms with Crippen LogP contribution in [0, 0.1) is 5.92 Å². The van der Waals surface area contributed by atoms with E-state index in [0.717, 1.165) is 38.4 Å². The lowest BCUT2D eigenvalue weighted by Gasteiger charge is -2.31. The Bertz CT molecular complexity index is 1120. The van der Waals surface area contributed by atoms with Crippen LogP contribution in [0.4, 0.5) is 0 Å². The number of benzene rings is 2. The number of nitrogens with one attached hydrogen (secondary N) is 1. The summed E-state index contributed by atoms with van der Waals surface area (Å²) in [6, 6.07) is 13.0. The van der Waals surface area contributed by atoms with Crippen molar-refractivity contribution < 1.29 is 17.9 Å². The maximum absolute atomic E-state index is 13.0. The van der Waals surface area contributed by atoms with E-state index in [1.165, 1.54) is 15.9 Å². The van der Waals surface area contributed by atoms with Gasteiger partial charge in [0.25, 0.3) is 0 Å². The summed E-state index contributed by atoms with van der Waals surface area (Å²) in [5, 5.41) is 3.76. The zero-order valence-corrected chi connectivity index (χ0v) is 21.9. The molecular weight excluding hydrogens is 509 g/mol. The molecule has 2 heterocycles. The van der Waals surface area contributed by atoms with Crippen LogP contribution in [-0.2, 0) is 38.4 Å². The van der Waals surface area contributed by atoms with Gasteiger partial charge in [-0.15, -0.1) is 0 Å². The van der Waals surface area contributed by atoms with Gasteiger partial charge in [-0.1, -0.05) is 53.5 Å². The van der Waals surface area contributed by atoms with E-state index in [9.17, 15) is 13.2 Å². The molecule has 190 valence electrons. The quantitative estimate of drug-likeness (QED) is 0.553. The van der Waals surface area contributed by atoms with Crippen molar-refractivity contribution in [1.29, 1.82) is 0 Å². The van der Waals surface area contributed by atoms with Gasteiger partial charge in [-0.2, -0.15) is 0 Å². The summed E-state index contributed by atoms with van der Waals surface area (Å²) in [5.74, 6) is -0.708. The maximum Gasteiger partial charge on any atom is 0.224 e. The summed E-state index contributed by atoms with van der Waals surface area (Å²) in [4.78, 5) is 15.2. The lowest BCUT2D eigenvalue weighted by molar-refractivity contribution is -0.126. The van der Waals surface area contributed by atoms with Crippen molar-refractivity contribution in [1.82, 2.24) is 14.5 Å². The molecular formula is C25H31Cl2N3O4S. The SMILES string of the molecule is O=C(NCc1ccc(CN2CCOCC2)cc1)[C@H]1CCCN(S(=O)(=O)Cc2ccc(Cl)cc2Cl)C1. The second kappa shape index (κ2) is 12.0. The number of morpholine rings is 1. The molecule has 4 rings (SSSR count). The average Bonchev–Trinajstić information content (AvgIpc) is 2.86. The Labute approximate surface area is 217 Å². The topological polar surface area (TPSA) is 79.0 Å². The summed E-state index contributed by atoms with van der Waals surface area (Å²) >= 11 is 12.1. The van der Waals surface area contributed by atoms with Crippen LogP contribution < -0.4 is 5.32 Å². The first-order valence-electron chi connectivity index (χ1n) is 11.9. The summed E-state index contributed by atoms with van der Waals surface area (Å²) in [5.41, 5.74) is 2.75. The van der Waals surface area contributed by atoms with E-state index in [0.29, 0.717) is 41.5 Å². The number of rotatable bonds is 8. The van der Waals surface area contributed by atoms with Crippen molar-refractivity contribution in [3.63, 3.8) is 0 Å². The predicted molar refractivity (Wildman–Crippen MR) is 138 cm³/mol. The smallest absolute Gasteiger partial charge is 0.224 e. The Kier molecular flexibility index (Phi) is 9.07. The lowest BCUT2D eigenvalue weighted by atomic mass is 9.98. The van der Waals surface area contributed by atoms with E-state index in [2.05, 4.69) is 22.3 Å². The molecule has 35 heavy (non-hydrogen) atoms. The molecule has 0 saturated carbocycles. The first-order valence-corrected chi connectivity index (χ1v) is 14.2. The molecule has 2 saturated heterocycles. The summed E-state index contributed by atoms with van der Waals surface area (Å²) in [6.45, 7) is 5.33. The molecule has 0 spiro atoms. The fraction of sp³-hybridized carbons (Fsp3) is 0.480. The summed E-state index contributed by atoms with van der Waals surface area (Å²) in [7, 11) is -3.61. The molecule has 2 aliphatic heterocycles. The summed E-state index contributed by atoms with van der Waals surface area (Å²) in [6.07, 6.45) is 1.31. The highest BCUT2D eigenvalue weighted by Gasteiger charge is 2.32. The van der Waals surface area contributed by atoms with Gasteiger partial charge in [0.2, 0.25) is 15.9 Å². The van der Waals surface area contributed by atoms with E-state index in [1.54, 1.807) is 12.1 Å². The van der Waals surface area contributed by atoms with Crippen molar-refractivity contribution in [2.24, 2.45) is 5.92 Å². The number of piperidine rings is 1. The van der Waals surface area contributed by atoms with Crippen LogP contribution in [0.2, 0.25) is 10.0 Å². The largest absolute Gasteiger partial charge is 0.379 e. The number of sulfonamides is 1. The third-order valence-electron chi connectivity index (χ3n) is 6.50. The molecule has 0 bridgehead atoms. The van der Waals surface area contributed by atoms with Gasteiger partial charge in [-0.25, -0.2) is 12.7 Å². The fourth-order valence-electron chi connectivity index (χ4n) is 4.45. The van der Waals surface area contributed by atoms with Crippen molar-refractivity contribution >= 4 is 39.1 Å². The molecule has 0 radical (unpaired) electrons. The van der Waals surface area contributed by atoms with Gasteiger partial charge in [0, 0.05) is 49.3 Å². The molecule has 1 N–H and O–H groups in total. The summed E-state index contributed by atoms with van der Waals surface area (Å²) < 4.78 is 32.8. The van der Waals surface area contributed by atoms with Crippen molar-refractivity contribution in [3.05, 3.63) is 69.2 Å². The average molecular weight is 541 g/mol. The molecule has 0 aromatic heterocycles. The molecule has 2 aromatic carbocycles. The van der Waals surface area contributed by atoms with E-state index >= 15 is 0 Å². The number of carbonyl (C=O) groups is 1. The predicted octanol–water partition coefficient (Wildman–Crippen LogP) is 3.68. The normalized spacial score (nSPS) is 20.0. The van der Waals surface area contributed by atoms with Crippen molar-refractivity contribution in [3.8, 4) is 0 Å². The number of ether oxygens (including phenoxy) is 1. The number of hydrogen-bond donors (Lipinski definition) is 1. The second-order valence-electron chi connectivity index (χ2n) is 9.11. The highest BCUT2D eigenvalue weighted by atomic mass is 35.5. The molecule has 0 aliphatic carbocycles. The van der Waals surface area contributed by atoms with Crippen molar-refractivity contribution in [2.45, 2.75) is 31.7 Å². The van der Waals surface area contributed by atoms with Crippen molar-refractivity contribution in [2.75, 3.05) is 39.4 Å². The van der Waals surface area contributed by atoms with Crippen LogP contribution in [0.15, 0.2) is 42.5 Å². The number of nitrogens with zero attached hydrogens (tertiary/aromatic N) is 2. The highest BCUT2D eigenvalue weighted by molar-refractivity contribution is 7.88. The zero-order chi connectivity index (χ0) is 24.8. The molecule has 7 nitrogen and oxygen atoms in total. The van der Waals surface area contributed by atoms with Gasteiger partial charge in [0.1, 0.15) is 0 Å². The minimum absolute atomic E-state index is 0.119. The van der Waals surface area contributed by atoms with Crippen LogP contribution in [0.25, 0.3) is 0 Å². The Morgan fingerprint density at radius 1 is 1.03 bits per heavy atom. The molecule has 1 amide bonds. The van der Waals surface area contributed by atoms with Gasteiger partial charge in [0.15, 0.2) is 0 Å². The second-order valence-corrected chi connectivity index (χ2v) is 11.9. The molecule has 2 aliphatic rings. The molecule has 10 heteroatoms. The fourth-order valence-corrected chi connectivity index (χ4v) is 6.65. The van der Waals surface area contributed by atoms with Crippen LogP contribution in [-0.4, -0.2) is 62.9 Å². The Morgan fingerprint density at radius 2 is 1.74 bits per heavy atom. The zero-order valence-electron chi connectivity index (χ0n) is 19.6. The highest BCUT2D eigenvalue weighted by Crippen LogP contribution is 2.26. The van der Waals surface area contributed by atoms with Crippen LogP contribution in [0.5, 0.6) is 0 Å². The lowest BCUT2D eigenvalue weighted by Crippen LogP contribution is -2.45. The minimum atomic E-state index is -3.61. The molecule has 2 fully saturated rings. The standard InChI is InChI=1S/C25H31Cl2N3O4S/c26-23-8-7-22(24(27)14-23)18-35(32,33)30-9-1-2-21(17-30)25(31)28-15-19-3-5-20(6-4-19)16-29-10-12-34-13-11-29/h3-8,14,21H,1-2,9-13,15-18H2,(H,28,31)/t21-/m0/s1. The van der Waals surface area contributed by atoms with E-state index in [4.69, 9.17) is 27.9 Å². The number of hydrogen-bond acceptors (Lipinski definition) is 5. The number of amides is 1. The first-order chi connectivity index (χ1) is 16.8. The molecule has 1 atom stereocenters. The van der Waals surface area contributed by atoms with Gasteiger partial charge < -0.3 is 10.1 Å². The van der Waals surface area contributed by atoms with Crippen LogP contribution in [0.1, 0.15) is 29.5 Å². The van der Waals surface area contributed by atoms with Gasteiger partial charge in [-0.05, 0) is 41.7 Å². The van der Waals surface area contributed by atoms with Crippen LogP contribution >= 0.6 is 23.2 Å². The Hall–Kier alpha value is -1.68. The van der Waals surface area contributed by atoms with Crippen LogP contribution in [0.3, 0.4) is 0 Å². The monoisotopic (exact) mass is 539 g/mol. The Morgan fingerprint density at radius 3 is 2.46 bits per heavy atom. The third-order valence-corrected chi connectivity index (χ3v) is 8.88. The number of carbonyl (C=O) groups excluding carboxylic acids is 1. The third kappa shape index (κ3) is 7.41.